The summed E-state index contributed by atoms with van der Waals surface area (Å²) in [6, 6.07) is 2.90. The Hall–Kier alpha value is -1.27. The molecule has 3 nitrogen and oxygen atoms in total. The van der Waals surface area contributed by atoms with E-state index >= 15 is 0 Å². The SMILES string of the molecule is Cc1cc(F)c(Br)cc1NC(=O)c1cscn1. The zero-order valence-corrected chi connectivity index (χ0v) is 11.2. The highest BCUT2D eigenvalue weighted by molar-refractivity contribution is 9.10. The Morgan fingerprint density at radius 1 is 1.53 bits per heavy atom. The van der Waals surface area contributed by atoms with Crippen LogP contribution in [0.3, 0.4) is 0 Å². The first kappa shape index (κ1) is 12.2. The minimum absolute atomic E-state index is 0.298. The molecule has 1 aromatic carbocycles. The number of hydrogen-bond acceptors (Lipinski definition) is 3. The summed E-state index contributed by atoms with van der Waals surface area (Å²) in [5.41, 5.74) is 3.17. The van der Waals surface area contributed by atoms with Gasteiger partial charge in [-0.05, 0) is 40.5 Å². The number of nitrogens with zero attached hydrogens (tertiary/aromatic N) is 1. The van der Waals surface area contributed by atoms with Crippen LogP contribution in [0.4, 0.5) is 10.1 Å². The molecule has 88 valence electrons. The van der Waals surface area contributed by atoms with E-state index in [0.29, 0.717) is 21.4 Å². The number of rotatable bonds is 2. The van der Waals surface area contributed by atoms with Gasteiger partial charge < -0.3 is 5.32 Å². The largest absolute Gasteiger partial charge is 0.320 e. The van der Waals surface area contributed by atoms with Crippen LogP contribution in [0.1, 0.15) is 16.1 Å². The van der Waals surface area contributed by atoms with Gasteiger partial charge in [-0.1, -0.05) is 0 Å². The van der Waals surface area contributed by atoms with Crippen molar-refractivity contribution in [1.82, 2.24) is 4.98 Å². The molecule has 0 radical (unpaired) electrons. The molecule has 0 saturated heterocycles. The number of anilines is 1. The number of thiazole rings is 1. The molecule has 2 aromatic rings. The fourth-order valence-corrected chi connectivity index (χ4v) is 2.17. The van der Waals surface area contributed by atoms with Crippen molar-refractivity contribution < 1.29 is 9.18 Å². The second kappa shape index (κ2) is 4.93. The summed E-state index contributed by atoms with van der Waals surface area (Å²) >= 11 is 4.43. The minimum Gasteiger partial charge on any atom is -0.320 e. The van der Waals surface area contributed by atoms with E-state index in [1.54, 1.807) is 17.8 Å². The number of halogens is 2. The van der Waals surface area contributed by atoms with Gasteiger partial charge >= 0.3 is 0 Å². The van der Waals surface area contributed by atoms with Crippen molar-refractivity contribution in [3.63, 3.8) is 0 Å². The van der Waals surface area contributed by atoms with E-state index in [9.17, 15) is 9.18 Å². The normalized spacial score (nSPS) is 10.3. The summed E-state index contributed by atoms with van der Waals surface area (Å²) in [6.07, 6.45) is 0. The van der Waals surface area contributed by atoms with E-state index in [0.717, 1.165) is 0 Å². The van der Waals surface area contributed by atoms with E-state index in [1.165, 1.54) is 23.5 Å². The number of carbonyl (C=O) groups is 1. The quantitative estimate of drug-likeness (QED) is 0.920. The summed E-state index contributed by atoms with van der Waals surface area (Å²) in [6.45, 7) is 1.73. The number of benzene rings is 1. The lowest BCUT2D eigenvalue weighted by Gasteiger charge is -2.08. The van der Waals surface area contributed by atoms with Crippen LogP contribution in [0.15, 0.2) is 27.5 Å². The monoisotopic (exact) mass is 314 g/mol. The van der Waals surface area contributed by atoms with Gasteiger partial charge in [-0.3, -0.25) is 4.79 Å². The second-order valence-electron chi connectivity index (χ2n) is 3.41. The zero-order chi connectivity index (χ0) is 12.4. The van der Waals surface area contributed by atoms with Crippen molar-refractivity contribution in [2.45, 2.75) is 6.92 Å². The third-order valence-corrected chi connectivity index (χ3v) is 3.37. The van der Waals surface area contributed by atoms with Gasteiger partial charge in [0.1, 0.15) is 11.5 Å². The number of aryl methyl sites for hydroxylation is 1. The molecule has 0 atom stereocenters. The fraction of sp³-hybridized carbons (Fsp3) is 0.0909. The van der Waals surface area contributed by atoms with Crippen LogP contribution in [0.25, 0.3) is 0 Å². The number of amides is 1. The minimum atomic E-state index is -0.353. The van der Waals surface area contributed by atoms with Gasteiger partial charge in [0.05, 0.1) is 9.98 Å². The average molecular weight is 315 g/mol. The molecule has 0 aliphatic carbocycles. The maximum absolute atomic E-state index is 13.2. The molecule has 6 heteroatoms. The van der Waals surface area contributed by atoms with Gasteiger partial charge in [-0.2, -0.15) is 0 Å². The summed E-state index contributed by atoms with van der Waals surface area (Å²) in [7, 11) is 0. The van der Waals surface area contributed by atoms with Crippen molar-refractivity contribution in [2.75, 3.05) is 5.32 Å². The van der Waals surface area contributed by atoms with Gasteiger partial charge in [0.25, 0.3) is 5.91 Å². The molecule has 0 aliphatic heterocycles. The molecular formula is C11H8BrFN2OS. The molecule has 0 fully saturated rings. The van der Waals surface area contributed by atoms with Crippen LogP contribution in [0, 0.1) is 12.7 Å². The number of nitrogens with one attached hydrogen (secondary N) is 1. The predicted octanol–water partition coefficient (Wildman–Crippen LogP) is 3.61. The van der Waals surface area contributed by atoms with E-state index in [1.807, 2.05) is 0 Å². The van der Waals surface area contributed by atoms with Crippen molar-refractivity contribution in [1.29, 1.82) is 0 Å². The second-order valence-corrected chi connectivity index (χ2v) is 4.98. The van der Waals surface area contributed by atoms with Crippen molar-refractivity contribution in [3.8, 4) is 0 Å². The Kier molecular flexibility index (Phi) is 3.54. The van der Waals surface area contributed by atoms with E-state index in [-0.39, 0.29) is 11.7 Å². The highest BCUT2D eigenvalue weighted by Crippen LogP contribution is 2.24. The first-order valence-corrected chi connectivity index (χ1v) is 6.46. The zero-order valence-electron chi connectivity index (χ0n) is 8.83. The van der Waals surface area contributed by atoms with E-state index in [4.69, 9.17) is 0 Å². The van der Waals surface area contributed by atoms with Crippen molar-refractivity contribution in [3.05, 3.63) is 44.6 Å². The Morgan fingerprint density at radius 2 is 2.29 bits per heavy atom. The molecule has 1 heterocycles. The van der Waals surface area contributed by atoms with Crippen LogP contribution in [-0.2, 0) is 0 Å². The van der Waals surface area contributed by atoms with Crippen LogP contribution in [-0.4, -0.2) is 10.9 Å². The van der Waals surface area contributed by atoms with E-state index in [2.05, 4.69) is 26.2 Å². The number of aromatic nitrogens is 1. The van der Waals surface area contributed by atoms with Gasteiger partial charge in [0.2, 0.25) is 0 Å². The van der Waals surface area contributed by atoms with Crippen LogP contribution in [0.2, 0.25) is 0 Å². The molecule has 1 amide bonds. The molecular weight excluding hydrogens is 307 g/mol. The van der Waals surface area contributed by atoms with Crippen molar-refractivity contribution >= 4 is 38.9 Å². The van der Waals surface area contributed by atoms with Crippen LogP contribution >= 0.6 is 27.3 Å². The lowest BCUT2D eigenvalue weighted by Crippen LogP contribution is -2.13. The lowest BCUT2D eigenvalue weighted by atomic mass is 10.2. The maximum atomic E-state index is 13.2. The Balaban J connectivity index is 2.25. The molecule has 2 rings (SSSR count). The molecule has 0 unspecified atom stereocenters. The lowest BCUT2D eigenvalue weighted by molar-refractivity contribution is 0.102. The summed E-state index contributed by atoms with van der Waals surface area (Å²) in [5, 5.41) is 4.35. The molecule has 0 spiro atoms. The fourth-order valence-electron chi connectivity index (χ4n) is 1.29. The molecule has 1 aromatic heterocycles. The summed E-state index contributed by atoms with van der Waals surface area (Å²) in [4.78, 5) is 15.7. The molecule has 17 heavy (non-hydrogen) atoms. The van der Waals surface area contributed by atoms with Crippen molar-refractivity contribution in [2.24, 2.45) is 0 Å². The number of hydrogen-bond donors (Lipinski definition) is 1. The summed E-state index contributed by atoms with van der Waals surface area (Å²) < 4.78 is 13.5. The maximum Gasteiger partial charge on any atom is 0.275 e. The predicted molar refractivity (Wildman–Crippen MR) is 68.9 cm³/mol. The Bertz CT molecular complexity index is 557. The molecule has 0 saturated carbocycles. The van der Waals surface area contributed by atoms with Crippen LogP contribution < -0.4 is 5.32 Å². The molecule has 0 aliphatic rings. The van der Waals surface area contributed by atoms with Gasteiger partial charge in [-0.25, -0.2) is 9.37 Å². The summed E-state index contributed by atoms with van der Waals surface area (Å²) in [5.74, 6) is -0.651. The smallest absolute Gasteiger partial charge is 0.275 e. The number of carbonyl (C=O) groups excluding carboxylic acids is 1. The van der Waals surface area contributed by atoms with Gasteiger partial charge in [0.15, 0.2) is 0 Å². The third kappa shape index (κ3) is 2.70. The highest BCUT2D eigenvalue weighted by atomic mass is 79.9. The molecule has 0 bridgehead atoms. The standard InChI is InChI=1S/C11H8BrFN2OS/c1-6-2-8(13)7(12)3-9(6)15-11(16)10-4-17-5-14-10/h2-5H,1H3,(H,15,16). The molecule has 1 N–H and O–H groups in total. The first-order chi connectivity index (χ1) is 8.08. The van der Waals surface area contributed by atoms with Gasteiger partial charge in [0, 0.05) is 11.1 Å². The van der Waals surface area contributed by atoms with Crippen LogP contribution in [0.5, 0.6) is 0 Å². The third-order valence-electron chi connectivity index (χ3n) is 2.18. The first-order valence-electron chi connectivity index (χ1n) is 4.73. The average Bonchev–Trinajstić information content (AvgIpc) is 2.79. The highest BCUT2D eigenvalue weighted by Gasteiger charge is 2.11. The Morgan fingerprint density at radius 3 is 2.94 bits per heavy atom. The van der Waals surface area contributed by atoms with Gasteiger partial charge in [-0.15, -0.1) is 11.3 Å². The Labute approximate surface area is 110 Å². The topological polar surface area (TPSA) is 42.0 Å². The van der Waals surface area contributed by atoms with E-state index < -0.39 is 0 Å².